The van der Waals surface area contributed by atoms with Crippen molar-refractivity contribution in [1.82, 2.24) is 19.9 Å². The number of thiol groups is 1. The summed E-state index contributed by atoms with van der Waals surface area (Å²) in [7, 11) is 0. The minimum absolute atomic E-state index is 0.874. The Balaban J connectivity index is 1.43. The van der Waals surface area contributed by atoms with Crippen LogP contribution in [0.2, 0.25) is 0 Å². The van der Waals surface area contributed by atoms with Gasteiger partial charge in [0.25, 0.3) is 0 Å². The molecule has 9 rings (SSSR count). The zero-order valence-corrected chi connectivity index (χ0v) is 29.4. The topological polar surface area (TPSA) is 57.4 Å². The van der Waals surface area contributed by atoms with Crippen LogP contribution in [0.25, 0.3) is 90.9 Å². The molecular weight excluding hydrogens is 653 g/mol. The summed E-state index contributed by atoms with van der Waals surface area (Å²) >= 11 is 4.44. The number of hydrogen-bond acceptors (Lipinski definition) is 3. The molecule has 52 heavy (non-hydrogen) atoms. The lowest BCUT2D eigenvalue weighted by molar-refractivity contribution is 0.936. The van der Waals surface area contributed by atoms with Crippen LogP contribution >= 0.6 is 12.6 Å². The zero-order valence-electron chi connectivity index (χ0n) is 28.6. The third-order valence-electron chi connectivity index (χ3n) is 9.81. The Hall–Kier alpha value is -6.17. The fourth-order valence-corrected chi connectivity index (χ4v) is 7.51. The van der Waals surface area contributed by atoms with Crippen LogP contribution < -0.4 is 0 Å². The Morgan fingerprint density at radius 3 is 1.04 bits per heavy atom. The summed E-state index contributed by atoms with van der Waals surface area (Å²) < 4.78 is 0. The number of aromatic nitrogens is 4. The predicted molar refractivity (Wildman–Crippen MR) is 223 cm³/mol. The molecule has 250 valence electrons. The van der Waals surface area contributed by atoms with Crippen molar-refractivity contribution in [1.29, 1.82) is 0 Å². The Morgan fingerprint density at radius 1 is 0.385 bits per heavy atom. The van der Waals surface area contributed by atoms with E-state index in [9.17, 15) is 0 Å². The fraction of sp³-hybridized carbons (Fsp3) is 0.0638. The molecule has 4 nitrogen and oxygen atoms in total. The maximum Gasteiger partial charge on any atom is 0.0737 e. The Labute approximate surface area is 308 Å². The number of nitrogens with one attached hydrogen (secondary N) is 2. The van der Waals surface area contributed by atoms with Gasteiger partial charge < -0.3 is 9.97 Å². The number of H-pyrrole nitrogens is 2. The normalized spacial score (nSPS) is 12.0. The largest absolute Gasteiger partial charge is 0.354 e. The standard InChI is InChI=1S/C47H36N4S/c52-30-10-11-31-18-20-35(21-19-31)47-42-28-26-40(50-42)45(33-14-6-2-7-15-33)38-24-22-36(48-38)44(32-12-4-1-5-13-32)37-23-25-39(49-37)46(34-16-8-3-9-17-34)41-27-29-43(47)51-41/h1-9,12-29,48,51-52H,10-11,30H2. The number of rotatable bonds is 7. The molecule has 4 aromatic carbocycles. The van der Waals surface area contributed by atoms with Crippen molar-refractivity contribution in [3.63, 3.8) is 0 Å². The van der Waals surface area contributed by atoms with Gasteiger partial charge in [-0.2, -0.15) is 12.6 Å². The van der Waals surface area contributed by atoms with E-state index in [1.165, 1.54) is 5.56 Å². The molecule has 0 spiro atoms. The molecule has 0 unspecified atom stereocenters. The summed E-state index contributed by atoms with van der Waals surface area (Å²) in [6.45, 7) is 0. The van der Waals surface area contributed by atoms with Crippen LogP contribution in [0.15, 0.2) is 140 Å². The predicted octanol–water partition coefficient (Wildman–Crippen LogP) is 12.2. The van der Waals surface area contributed by atoms with E-state index in [4.69, 9.17) is 9.97 Å². The minimum Gasteiger partial charge on any atom is -0.354 e. The van der Waals surface area contributed by atoms with Crippen LogP contribution in [-0.4, -0.2) is 25.7 Å². The summed E-state index contributed by atoms with van der Waals surface area (Å²) in [4.78, 5) is 18.4. The van der Waals surface area contributed by atoms with Crippen molar-refractivity contribution in [3.05, 3.63) is 168 Å². The Kier molecular flexibility index (Phi) is 8.47. The number of aromatic amines is 2. The van der Waals surface area contributed by atoms with E-state index in [1.807, 2.05) is 0 Å². The summed E-state index contributed by atoms with van der Waals surface area (Å²) in [6.07, 6.45) is 10.6. The van der Waals surface area contributed by atoms with E-state index in [0.29, 0.717) is 0 Å². The molecule has 8 bridgehead atoms. The molecule has 0 atom stereocenters. The van der Waals surface area contributed by atoms with Crippen molar-refractivity contribution in [2.24, 2.45) is 0 Å². The zero-order chi connectivity index (χ0) is 34.9. The first kappa shape index (κ1) is 31.8. The van der Waals surface area contributed by atoms with Crippen LogP contribution in [0, 0.1) is 0 Å². The summed E-state index contributed by atoms with van der Waals surface area (Å²) in [5, 5.41) is 0. The molecule has 0 amide bonds. The maximum absolute atomic E-state index is 5.41. The molecule has 5 heteroatoms. The van der Waals surface area contributed by atoms with Gasteiger partial charge >= 0.3 is 0 Å². The molecule has 0 radical (unpaired) electrons. The van der Waals surface area contributed by atoms with Gasteiger partial charge in [0.1, 0.15) is 0 Å². The monoisotopic (exact) mass is 688 g/mol. The van der Waals surface area contributed by atoms with Crippen LogP contribution in [0.4, 0.5) is 0 Å². The van der Waals surface area contributed by atoms with E-state index >= 15 is 0 Å². The first-order valence-electron chi connectivity index (χ1n) is 17.8. The first-order valence-corrected chi connectivity index (χ1v) is 18.4. The number of fused-ring (bicyclic) bond motifs is 8. The van der Waals surface area contributed by atoms with Crippen molar-refractivity contribution < 1.29 is 0 Å². The highest BCUT2D eigenvalue weighted by atomic mass is 32.1. The van der Waals surface area contributed by atoms with Crippen LogP contribution in [0.5, 0.6) is 0 Å². The van der Waals surface area contributed by atoms with Gasteiger partial charge in [0, 0.05) is 44.3 Å². The second kappa shape index (κ2) is 13.9. The summed E-state index contributed by atoms with van der Waals surface area (Å²) in [6, 6.07) is 49.2. The second-order valence-electron chi connectivity index (χ2n) is 13.1. The molecule has 2 aliphatic rings. The average Bonchev–Trinajstić information content (AvgIpc) is 4.04. The van der Waals surface area contributed by atoms with E-state index in [1.54, 1.807) is 0 Å². The second-order valence-corrected chi connectivity index (χ2v) is 13.6. The van der Waals surface area contributed by atoms with Gasteiger partial charge in [-0.05, 0) is 95.0 Å². The molecule has 7 aromatic rings. The third kappa shape index (κ3) is 5.99. The van der Waals surface area contributed by atoms with Crippen molar-refractivity contribution >= 4 is 59.0 Å². The highest BCUT2D eigenvalue weighted by Crippen LogP contribution is 2.38. The minimum atomic E-state index is 0.874. The van der Waals surface area contributed by atoms with E-state index in [0.717, 1.165) is 108 Å². The molecule has 0 saturated carbocycles. The number of nitrogens with zero attached hydrogens (tertiary/aromatic N) is 2. The van der Waals surface area contributed by atoms with Gasteiger partial charge in [0.2, 0.25) is 0 Å². The molecule has 0 saturated heterocycles. The summed E-state index contributed by atoms with van der Waals surface area (Å²) in [5.41, 5.74) is 17.5. The fourth-order valence-electron chi connectivity index (χ4n) is 7.36. The van der Waals surface area contributed by atoms with Crippen LogP contribution in [0.3, 0.4) is 0 Å². The molecule has 3 aromatic heterocycles. The summed E-state index contributed by atoms with van der Waals surface area (Å²) in [5.74, 6) is 0.874. The van der Waals surface area contributed by atoms with Crippen molar-refractivity contribution in [2.75, 3.05) is 5.75 Å². The lowest BCUT2D eigenvalue weighted by Gasteiger charge is -2.07. The molecule has 0 fully saturated rings. The van der Waals surface area contributed by atoms with Crippen LogP contribution in [0.1, 0.15) is 34.8 Å². The first-order chi connectivity index (χ1) is 25.7. The lowest BCUT2D eigenvalue weighted by Crippen LogP contribution is -1.90. The van der Waals surface area contributed by atoms with Gasteiger partial charge in [0.05, 0.1) is 22.8 Å². The van der Waals surface area contributed by atoms with Gasteiger partial charge in [-0.1, -0.05) is 115 Å². The van der Waals surface area contributed by atoms with E-state index in [2.05, 4.69) is 186 Å². The smallest absolute Gasteiger partial charge is 0.0737 e. The highest BCUT2D eigenvalue weighted by Gasteiger charge is 2.18. The van der Waals surface area contributed by atoms with Crippen molar-refractivity contribution in [2.45, 2.75) is 12.8 Å². The number of hydrogen-bond donors (Lipinski definition) is 3. The molecule has 2 N–H and O–H groups in total. The van der Waals surface area contributed by atoms with Gasteiger partial charge in [-0.25, -0.2) is 9.97 Å². The lowest BCUT2D eigenvalue weighted by atomic mass is 10.0. The quantitative estimate of drug-likeness (QED) is 0.146. The third-order valence-corrected chi connectivity index (χ3v) is 10.1. The van der Waals surface area contributed by atoms with Crippen LogP contribution in [-0.2, 0) is 6.42 Å². The number of benzene rings is 4. The highest BCUT2D eigenvalue weighted by molar-refractivity contribution is 7.80. The molecule has 2 aliphatic heterocycles. The maximum atomic E-state index is 5.41. The molecule has 0 aliphatic carbocycles. The van der Waals surface area contributed by atoms with Gasteiger partial charge in [-0.3, -0.25) is 0 Å². The van der Waals surface area contributed by atoms with Gasteiger partial charge in [0.15, 0.2) is 0 Å². The van der Waals surface area contributed by atoms with Gasteiger partial charge in [-0.15, -0.1) is 0 Å². The SMILES string of the molecule is SCCCc1ccc(-c2c3nc(c(-c4ccccc4)c4ccc([nH]4)c(-c4ccccc4)c4nc(c(-c5ccccc5)c5ccc2[nH]5)C=C4)C=C3)cc1. The van der Waals surface area contributed by atoms with Crippen molar-refractivity contribution in [3.8, 4) is 44.5 Å². The Bertz CT molecular complexity index is 2600. The number of aryl methyl sites for hydroxylation is 1. The van der Waals surface area contributed by atoms with E-state index in [-0.39, 0.29) is 0 Å². The Morgan fingerprint density at radius 2 is 0.712 bits per heavy atom. The molecular formula is C47H36N4S. The average molecular weight is 689 g/mol. The van der Waals surface area contributed by atoms with E-state index < -0.39 is 0 Å². The molecule has 5 heterocycles.